The molecule has 1 aromatic rings. The van der Waals surface area contributed by atoms with E-state index >= 15 is 0 Å². The van der Waals surface area contributed by atoms with Crippen LogP contribution in [0.3, 0.4) is 0 Å². The number of halogens is 3. The summed E-state index contributed by atoms with van der Waals surface area (Å²) in [6.45, 7) is 0. The molecule has 1 nitrogen and oxygen atoms in total. The van der Waals surface area contributed by atoms with Gasteiger partial charge in [0.25, 0.3) is 0 Å². The first-order valence-electron chi connectivity index (χ1n) is 3.19. The molecule has 0 aliphatic carbocycles. The predicted octanol–water partition coefficient (Wildman–Crippen LogP) is 2.23. The normalized spacial score (nSPS) is 11.2. The number of alkyl halides is 3. The Morgan fingerprint density at radius 2 is 1.75 bits per heavy atom. The molecule has 0 aliphatic rings. The van der Waals surface area contributed by atoms with Crippen LogP contribution in [0.1, 0.15) is 11.1 Å². The van der Waals surface area contributed by atoms with E-state index in [0.29, 0.717) is 6.29 Å². The second-order valence-electron chi connectivity index (χ2n) is 2.21. The number of hydrogen-bond donors (Lipinski definition) is 0. The standard InChI is InChI=1S/C8H5F3O/c9-8(10,11)7-4-2-1-3-6(7)5-12/h1-5H/p+1. The Morgan fingerprint density at radius 3 is 2.17 bits per heavy atom. The largest absolute Gasteiger partial charge is 0.417 e. The molecule has 0 fully saturated rings. The highest BCUT2D eigenvalue weighted by atomic mass is 19.4. The van der Waals surface area contributed by atoms with Crippen molar-refractivity contribution in [3.05, 3.63) is 35.4 Å². The minimum Gasteiger partial charge on any atom is -0.281 e. The van der Waals surface area contributed by atoms with Crippen LogP contribution in [0.2, 0.25) is 0 Å². The molecule has 4 heteroatoms. The van der Waals surface area contributed by atoms with Crippen LogP contribution in [0.15, 0.2) is 24.3 Å². The molecule has 0 heterocycles. The molecule has 0 saturated carbocycles. The molecule has 0 spiro atoms. The van der Waals surface area contributed by atoms with Crippen LogP contribution < -0.4 is 0 Å². The fourth-order valence-electron chi connectivity index (χ4n) is 0.868. The van der Waals surface area contributed by atoms with Gasteiger partial charge in [-0.15, -0.1) is 0 Å². The first kappa shape index (κ1) is 8.77. The van der Waals surface area contributed by atoms with Crippen LogP contribution in [0.5, 0.6) is 0 Å². The lowest BCUT2D eigenvalue weighted by Crippen LogP contribution is -2.08. The Morgan fingerprint density at radius 1 is 1.17 bits per heavy atom. The highest BCUT2D eigenvalue weighted by Crippen LogP contribution is 2.30. The van der Waals surface area contributed by atoms with Crippen LogP contribution in [-0.2, 0) is 6.18 Å². The summed E-state index contributed by atoms with van der Waals surface area (Å²) in [4.78, 5) is 8.46. The van der Waals surface area contributed by atoms with Crippen molar-refractivity contribution < 1.29 is 18.0 Å². The van der Waals surface area contributed by atoms with Gasteiger partial charge in [0.05, 0.1) is 11.1 Å². The maximum absolute atomic E-state index is 12.1. The van der Waals surface area contributed by atoms with Crippen molar-refractivity contribution >= 4 is 6.29 Å². The summed E-state index contributed by atoms with van der Waals surface area (Å²) < 4.78 is 36.3. The lowest BCUT2D eigenvalue weighted by molar-refractivity contribution is -0.137. The van der Waals surface area contributed by atoms with Gasteiger partial charge in [0, 0.05) is 0 Å². The summed E-state index contributed by atoms with van der Waals surface area (Å²) in [5, 5.41) is 0. The van der Waals surface area contributed by atoms with Gasteiger partial charge < -0.3 is 0 Å². The van der Waals surface area contributed by atoms with E-state index in [1.54, 1.807) is 0 Å². The number of rotatable bonds is 1. The maximum Gasteiger partial charge on any atom is 0.417 e. The Hall–Kier alpha value is -1.32. The molecule has 0 saturated heterocycles. The van der Waals surface area contributed by atoms with Crippen molar-refractivity contribution in [3.63, 3.8) is 0 Å². The highest BCUT2D eigenvalue weighted by molar-refractivity contribution is 5.78. The third-order valence-corrected chi connectivity index (χ3v) is 1.41. The molecule has 0 unspecified atom stereocenters. The van der Waals surface area contributed by atoms with Gasteiger partial charge in [0.2, 0.25) is 0 Å². The van der Waals surface area contributed by atoms with Crippen LogP contribution in [0, 0.1) is 0 Å². The Kier molecular flexibility index (Phi) is 2.17. The smallest absolute Gasteiger partial charge is 0.281 e. The third kappa shape index (κ3) is 1.64. The van der Waals surface area contributed by atoms with Crippen LogP contribution in [0.25, 0.3) is 0 Å². The minimum atomic E-state index is -4.41. The molecule has 0 radical (unpaired) electrons. The molecular weight excluding hydrogens is 169 g/mol. The van der Waals surface area contributed by atoms with E-state index in [9.17, 15) is 13.2 Å². The predicted molar refractivity (Wildman–Crippen MR) is 38.5 cm³/mol. The SMILES string of the molecule is [OH+]=Cc1ccccc1C(F)(F)F. The van der Waals surface area contributed by atoms with Crippen LogP contribution in [0.4, 0.5) is 13.2 Å². The topological polar surface area (TPSA) is 21.4 Å². The third-order valence-electron chi connectivity index (χ3n) is 1.41. The lowest BCUT2D eigenvalue weighted by atomic mass is 10.1. The van der Waals surface area contributed by atoms with E-state index < -0.39 is 11.7 Å². The van der Waals surface area contributed by atoms with Crippen molar-refractivity contribution in [2.24, 2.45) is 0 Å². The van der Waals surface area contributed by atoms with Crippen molar-refractivity contribution in [1.29, 1.82) is 0 Å². The van der Waals surface area contributed by atoms with Gasteiger partial charge in [-0.25, -0.2) is 0 Å². The summed E-state index contributed by atoms with van der Waals surface area (Å²) >= 11 is 0. The van der Waals surface area contributed by atoms with E-state index in [-0.39, 0.29) is 5.56 Å². The Bertz CT molecular complexity index is 291. The lowest BCUT2D eigenvalue weighted by Gasteiger charge is -2.06. The molecule has 0 aliphatic heterocycles. The van der Waals surface area contributed by atoms with Gasteiger partial charge in [-0.1, -0.05) is 12.1 Å². The zero-order valence-corrected chi connectivity index (χ0v) is 5.97. The molecule has 1 aromatic carbocycles. The minimum absolute atomic E-state index is 0.218. The summed E-state index contributed by atoms with van der Waals surface area (Å²) in [7, 11) is 0. The second kappa shape index (κ2) is 2.97. The zero-order valence-electron chi connectivity index (χ0n) is 5.97. The highest BCUT2D eigenvalue weighted by Gasteiger charge is 2.33. The number of hydrogen-bond acceptors (Lipinski definition) is 0. The Labute approximate surface area is 66.8 Å². The fourth-order valence-corrected chi connectivity index (χ4v) is 0.868. The molecule has 0 aromatic heterocycles. The first-order chi connectivity index (χ1) is 5.55. The van der Waals surface area contributed by atoms with Crippen LogP contribution >= 0.6 is 0 Å². The van der Waals surface area contributed by atoms with E-state index in [1.807, 2.05) is 0 Å². The van der Waals surface area contributed by atoms with Gasteiger partial charge in [0.1, 0.15) is 0 Å². The van der Waals surface area contributed by atoms with E-state index in [1.165, 1.54) is 18.2 Å². The molecule has 1 rings (SSSR count). The number of carbonyl (C=O) groups excluding carboxylic acids is 1. The van der Waals surface area contributed by atoms with Gasteiger partial charge in [0.15, 0.2) is 0 Å². The van der Waals surface area contributed by atoms with Gasteiger partial charge in [-0.3, -0.25) is 4.79 Å². The molecule has 0 bridgehead atoms. The molecule has 0 amide bonds. The van der Waals surface area contributed by atoms with Crippen molar-refractivity contribution in [2.45, 2.75) is 6.18 Å². The molecule has 0 atom stereocenters. The van der Waals surface area contributed by atoms with Gasteiger partial charge >= 0.3 is 12.5 Å². The molecule has 64 valence electrons. The molecule has 12 heavy (non-hydrogen) atoms. The monoisotopic (exact) mass is 175 g/mol. The summed E-state index contributed by atoms with van der Waals surface area (Å²) in [5.74, 6) is 0. The quantitative estimate of drug-likeness (QED) is 0.461. The maximum atomic E-state index is 12.1. The van der Waals surface area contributed by atoms with Crippen LogP contribution in [-0.4, -0.2) is 11.1 Å². The zero-order chi connectivity index (χ0) is 9.19. The van der Waals surface area contributed by atoms with E-state index in [2.05, 4.69) is 0 Å². The van der Waals surface area contributed by atoms with Gasteiger partial charge in [-0.05, 0) is 12.1 Å². The van der Waals surface area contributed by atoms with E-state index in [4.69, 9.17) is 4.79 Å². The second-order valence-corrected chi connectivity index (χ2v) is 2.21. The first-order valence-corrected chi connectivity index (χ1v) is 3.19. The summed E-state index contributed by atoms with van der Waals surface area (Å²) in [6.07, 6.45) is -3.96. The summed E-state index contributed by atoms with van der Waals surface area (Å²) in [6, 6.07) is 4.82. The van der Waals surface area contributed by atoms with Gasteiger partial charge in [-0.2, -0.15) is 13.2 Å². The Balaban J connectivity index is 3.23. The molecular formula is C8H6F3O+. The molecule has 1 N–H and O–H groups in total. The van der Waals surface area contributed by atoms with E-state index in [0.717, 1.165) is 6.07 Å². The van der Waals surface area contributed by atoms with Crippen molar-refractivity contribution in [1.82, 2.24) is 0 Å². The fraction of sp³-hybridized carbons (Fsp3) is 0.125. The van der Waals surface area contributed by atoms with Crippen molar-refractivity contribution in [3.8, 4) is 0 Å². The van der Waals surface area contributed by atoms with Crippen molar-refractivity contribution in [2.75, 3.05) is 0 Å². The number of aldehydes is 1. The average molecular weight is 175 g/mol. The number of benzene rings is 1. The summed E-state index contributed by atoms with van der Waals surface area (Å²) in [5.41, 5.74) is -1.04. The average Bonchev–Trinajstić information content (AvgIpc) is 2.03.